The lowest BCUT2D eigenvalue weighted by molar-refractivity contribution is -0.137. The number of aromatic nitrogens is 1. The molecule has 136 valence electrons. The van der Waals surface area contributed by atoms with Crippen LogP contribution in [0.4, 0.5) is 13.2 Å². The lowest BCUT2D eigenvalue weighted by Crippen LogP contribution is -2.48. The standard InChI is InChI=1S/C17H20F3N3OS/c1-10-8-12(21)6-7-23(10)16(24)5-4-15-22-13-9-11(17(18,19)20)2-3-14(13)25-15/h2-3,9-10,12H,4-8,21H2,1H3. The van der Waals surface area contributed by atoms with Crippen LogP contribution < -0.4 is 5.73 Å². The summed E-state index contributed by atoms with van der Waals surface area (Å²) in [6.45, 7) is 2.66. The van der Waals surface area contributed by atoms with Gasteiger partial charge in [0.2, 0.25) is 5.91 Å². The summed E-state index contributed by atoms with van der Waals surface area (Å²) < 4.78 is 39.0. The van der Waals surface area contributed by atoms with Crippen molar-refractivity contribution in [2.45, 2.75) is 50.9 Å². The Kier molecular flexibility index (Phi) is 5.02. The zero-order valence-electron chi connectivity index (χ0n) is 13.8. The van der Waals surface area contributed by atoms with Gasteiger partial charge in [0.1, 0.15) is 0 Å². The largest absolute Gasteiger partial charge is 0.416 e. The highest BCUT2D eigenvalue weighted by Gasteiger charge is 2.31. The Morgan fingerprint density at radius 1 is 1.44 bits per heavy atom. The van der Waals surface area contributed by atoms with Gasteiger partial charge in [0.05, 0.1) is 20.8 Å². The number of likely N-dealkylation sites (tertiary alicyclic amines) is 1. The number of alkyl halides is 3. The van der Waals surface area contributed by atoms with Crippen molar-refractivity contribution in [1.82, 2.24) is 9.88 Å². The number of benzene rings is 1. The van der Waals surface area contributed by atoms with Crippen LogP contribution in [0.1, 0.15) is 36.8 Å². The van der Waals surface area contributed by atoms with Gasteiger partial charge in [-0.3, -0.25) is 4.79 Å². The Hall–Kier alpha value is -1.67. The normalized spacial score (nSPS) is 21.7. The number of hydrogen-bond donors (Lipinski definition) is 1. The fourth-order valence-electron chi connectivity index (χ4n) is 3.19. The van der Waals surface area contributed by atoms with Crippen molar-refractivity contribution in [3.05, 3.63) is 28.8 Å². The molecule has 0 radical (unpaired) electrons. The number of carbonyl (C=O) groups is 1. The van der Waals surface area contributed by atoms with Crippen molar-refractivity contribution in [3.63, 3.8) is 0 Å². The van der Waals surface area contributed by atoms with Gasteiger partial charge in [0.15, 0.2) is 0 Å². The minimum atomic E-state index is -4.38. The summed E-state index contributed by atoms with van der Waals surface area (Å²) in [5.41, 5.74) is 5.54. The smallest absolute Gasteiger partial charge is 0.340 e. The van der Waals surface area contributed by atoms with Gasteiger partial charge >= 0.3 is 6.18 Å². The van der Waals surface area contributed by atoms with E-state index in [1.165, 1.54) is 17.4 Å². The third-order valence-electron chi connectivity index (χ3n) is 4.55. The number of amides is 1. The zero-order valence-corrected chi connectivity index (χ0v) is 14.7. The van der Waals surface area contributed by atoms with E-state index in [2.05, 4.69) is 4.98 Å². The van der Waals surface area contributed by atoms with E-state index in [9.17, 15) is 18.0 Å². The lowest BCUT2D eigenvalue weighted by atomic mass is 9.98. The number of thiazole rings is 1. The van der Waals surface area contributed by atoms with Gasteiger partial charge in [0, 0.05) is 31.5 Å². The molecular formula is C17H20F3N3OS. The highest BCUT2D eigenvalue weighted by Crippen LogP contribution is 2.33. The van der Waals surface area contributed by atoms with Crippen LogP contribution in [0.5, 0.6) is 0 Å². The summed E-state index contributed by atoms with van der Waals surface area (Å²) in [7, 11) is 0. The first-order valence-electron chi connectivity index (χ1n) is 8.26. The SMILES string of the molecule is CC1CC(N)CCN1C(=O)CCc1nc2cc(C(F)(F)F)ccc2s1. The Balaban J connectivity index is 1.66. The van der Waals surface area contributed by atoms with Gasteiger partial charge in [-0.25, -0.2) is 4.98 Å². The molecule has 1 saturated heterocycles. The Labute approximate surface area is 147 Å². The maximum absolute atomic E-state index is 12.8. The predicted molar refractivity (Wildman–Crippen MR) is 91.3 cm³/mol. The zero-order chi connectivity index (χ0) is 18.2. The van der Waals surface area contributed by atoms with Gasteiger partial charge < -0.3 is 10.6 Å². The van der Waals surface area contributed by atoms with Gasteiger partial charge in [0.25, 0.3) is 0 Å². The highest BCUT2D eigenvalue weighted by atomic mass is 32.1. The van der Waals surface area contributed by atoms with E-state index in [1.807, 2.05) is 11.8 Å². The highest BCUT2D eigenvalue weighted by molar-refractivity contribution is 7.18. The fourth-order valence-corrected chi connectivity index (χ4v) is 4.14. The molecule has 0 aliphatic carbocycles. The fraction of sp³-hybridized carbons (Fsp3) is 0.529. The molecular weight excluding hydrogens is 351 g/mol. The number of hydrogen-bond acceptors (Lipinski definition) is 4. The van der Waals surface area contributed by atoms with E-state index in [0.717, 1.165) is 25.0 Å². The third kappa shape index (κ3) is 4.12. The molecule has 2 aromatic rings. The van der Waals surface area contributed by atoms with E-state index in [1.54, 1.807) is 0 Å². The Morgan fingerprint density at radius 2 is 2.20 bits per heavy atom. The van der Waals surface area contributed by atoms with E-state index < -0.39 is 11.7 Å². The molecule has 0 saturated carbocycles. The van der Waals surface area contributed by atoms with E-state index >= 15 is 0 Å². The number of nitrogens with zero attached hydrogens (tertiary/aromatic N) is 2. The van der Waals surface area contributed by atoms with Crippen LogP contribution in [0.3, 0.4) is 0 Å². The average molecular weight is 371 g/mol. The maximum Gasteiger partial charge on any atom is 0.416 e. The molecule has 1 aliphatic heterocycles. The molecule has 8 heteroatoms. The molecule has 3 rings (SSSR count). The molecule has 2 N–H and O–H groups in total. The number of fused-ring (bicyclic) bond motifs is 1. The second-order valence-corrected chi connectivity index (χ2v) is 7.62. The molecule has 1 aliphatic rings. The summed E-state index contributed by atoms with van der Waals surface area (Å²) in [6, 6.07) is 3.83. The summed E-state index contributed by atoms with van der Waals surface area (Å²) in [4.78, 5) is 18.5. The van der Waals surface area contributed by atoms with Crippen molar-refractivity contribution < 1.29 is 18.0 Å². The van der Waals surface area contributed by atoms with Crippen molar-refractivity contribution in [3.8, 4) is 0 Å². The second kappa shape index (κ2) is 6.92. The first-order chi connectivity index (χ1) is 11.7. The molecule has 1 aromatic carbocycles. The quantitative estimate of drug-likeness (QED) is 0.897. The van der Waals surface area contributed by atoms with E-state index in [4.69, 9.17) is 5.73 Å². The molecule has 0 bridgehead atoms. The summed E-state index contributed by atoms with van der Waals surface area (Å²) >= 11 is 1.34. The Morgan fingerprint density at radius 3 is 2.88 bits per heavy atom. The molecule has 0 spiro atoms. The van der Waals surface area contributed by atoms with Gasteiger partial charge in [-0.05, 0) is 38.0 Å². The van der Waals surface area contributed by atoms with Gasteiger partial charge in [-0.2, -0.15) is 13.2 Å². The van der Waals surface area contributed by atoms with Crippen LogP contribution in [0.15, 0.2) is 18.2 Å². The van der Waals surface area contributed by atoms with Crippen LogP contribution in [-0.2, 0) is 17.4 Å². The van der Waals surface area contributed by atoms with Crippen LogP contribution in [-0.4, -0.2) is 34.4 Å². The molecule has 1 fully saturated rings. The first-order valence-corrected chi connectivity index (χ1v) is 9.07. The summed E-state index contributed by atoms with van der Waals surface area (Å²) in [5, 5.41) is 0.684. The summed E-state index contributed by atoms with van der Waals surface area (Å²) in [6.07, 6.45) is -2.02. The van der Waals surface area contributed by atoms with Crippen LogP contribution >= 0.6 is 11.3 Å². The molecule has 25 heavy (non-hydrogen) atoms. The third-order valence-corrected chi connectivity index (χ3v) is 5.65. The number of nitrogens with two attached hydrogens (primary N) is 1. The molecule has 2 heterocycles. The van der Waals surface area contributed by atoms with Gasteiger partial charge in [-0.1, -0.05) is 0 Å². The van der Waals surface area contributed by atoms with Crippen LogP contribution in [0, 0.1) is 0 Å². The van der Waals surface area contributed by atoms with Crippen LogP contribution in [0.2, 0.25) is 0 Å². The number of rotatable bonds is 3. The van der Waals surface area contributed by atoms with Gasteiger partial charge in [-0.15, -0.1) is 11.3 Å². The molecule has 2 atom stereocenters. The molecule has 1 aromatic heterocycles. The molecule has 1 amide bonds. The maximum atomic E-state index is 12.8. The second-order valence-electron chi connectivity index (χ2n) is 6.51. The first kappa shape index (κ1) is 18.1. The number of halogens is 3. The van der Waals surface area contributed by atoms with E-state index in [-0.39, 0.29) is 18.0 Å². The lowest BCUT2D eigenvalue weighted by Gasteiger charge is -2.36. The van der Waals surface area contributed by atoms with Crippen LogP contribution in [0.25, 0.3) is 10.2 Å². The Bertz CT molecular complexity index is 774. The van der Waals surface area contributed by atoms with Crippen molar-refractivity contribution >= 4 is 27.5 Å². The predicted octanol–water partition coefficient (Wildman–Crippen LogP) is 3.59. The van der Waals surface area contributed by atoms with Crippen molar-refractivity contribution in [2.75, 3.05) is 6.54 Å². The molecule has 2 unspecified atom stereocenters. The number of carbonyl (C=O) groups excluding carboxylic acids is 1. The van der Waals surface area contributed by atoms with Crippen molar-refractivity contribution in [2.24, 2.45) is 5.73 Å². The number of aryl methyl sites for hydroxylation is 1. The van der Waals surface area contributed by atoms with Crippen molar-refractivity contribution in [1.29, 1.82) is 0 Å². The minimum Gasteiger partial charge on any atom is -0.340 e. The van der Waals surface area contributed by atoms with E-state index in [0.29, 0.717) is 34.6 Å². The monoisotopic (exact) mass is 371 g/mol. The average Bonchev–Trinajstić information content (AvgIpc) is 2.93. The minimum absolute atomic E-state index is 0.0506. The molecule has 4 nitrogen and oxygen atoms in total. The number of piperidine rings is 1. The summed E-state index contributed by atoms with van der Waals surface area (Å²) in [5.74, 6) is 0.0506. The topological polar surface area (TPSA) is 59.2 Å².